The van der Waals surface area contributed by atoms with Crippen LogP contribution >= 0.6 is 0 Å². The fourth-order valence-electron chi connectivity index (χ4n) is 3.14. The van der Waals surface area contributed by atoms with Gasteiger partial charge in [0.1, 0.15) is 6.61 Å². The van der Waals surface area contributed by atoms with Crippen LogP contribution in [0.4, 0.5) is 18.0 Å². The molecule has 0 unspecified atom stereocenters. The van der Waals surface area contributed by atoms with Gasteiger partial charge in [0.05, 0.1) is 18.2 Å². The Morgan fingerprint density at radius 3 is 2.74 bits per heavy atom. The van der Waals surface area contributed by atoms with Crippen LogP contribution in [0.1, 0.15) is 39.0 Å². The van der Waals surface area contributed by atoms with Gasteiger partial charge in [-0.05, 0) is 26.2 Å². The highest BCUT2D eigenvalue weighted by Crippen LogP contribution is 2.28. The molecule has 1 aliphatic carbocycles. The third-order valence-electron chi connectivity index (χ3n) is 4.46. The Balaban J connectivity index is 1.76. The predicted octanol–water partition coefficient (Wildman–Crippen LogP) is 2.60. The third-order valence-corrected chi connectivity index (χ3v) is 4.46. The molecule has 2 N–H and O–H groups in total. The molecule has 0 aromatic heterocycles. The van der Waals surface area contributed by atoms with Crippen LogP contribution < -0.4 is 10.6 Å². The summed E-state index contributed by atoms with van der Waals surface area (Å²) in [7, 11) is 0. The van der Waals surface area contributed by atoms with Gasteiger partial charge in [-0.25, -0.2) is 4.79 Å². The van der Waals surface area contributed by atoms with Crippen LogP contribution in [0, 0.1) is 5.92 Å². The number of nitrogens with one attached hydrogen (secondary N) is 2. The molecule has 134 valence electrons. The molecule has 1 aliphatic heterocycles. The molecular weight excluding hydrogens is 313 g/mol. The molecule has 1 saturated heterocycles. The number of urea groups is 1. The fourth-order valence-corrected chi connectivity index (χ4v) is 3.14. The molecule has 5 nitrogen and oxygen atoms in total. The summed E-state index contributed by atoms with van der Waals surface area (Å²) in [4.78, 5) is 12.0. The first-order valence-electron chi connectivity index (χ1n) is 8.10. The normalized spacial score (nSPS) is 31.8. The number of amides is 2. The molecule has 1 saturated carbocycles. The highest BCUT2D eigenvalue weighted by atomic mass is 19.4. The summed E-state index contributed by atoms with van der Waals surface area (Å²) in [5.74, 6) is -0.0792. The molecule has 0 radical (unpaired) electrons. The van der Waals surface area contributed by atoms with Crippen molar-refractivity contribution in [2.24, 2.45) is 5.92 Å². The number of ether oxygens (including phenoxy) is 2. The second kappa shape index (κ2) is 7.70. The van der Waals surface area contributed by atoms with Crippen LogP contribution in [0.3, 0.4) is 0 Å². The van der Waals surface area contributed by atoms with E-state index in [2.05, 4.69) is 10.6 Å². The standard InChI is InChI=1S/C15H25F3N2O3/c1-14(6-7-22-9-14)20-13(21)19-8-11-4-2-3-5-12(11)23-10-15(16,17)18/h11-12H,2-10H2,1H3,(H2,19,20,21)/t11-,12+,14+/m1/s1. The van der Waals surface area contributed by atoms with Crippen molar-refractivity contribution in [2.45, 2.75) is 56.8 Å². The van der Waals surface area contributed by atoms with Crippen LogP contribution in [-0.4, -0.2) is 50.2 Å². The Kier molecular flexibility index (Phi) is 6.13. The Hall–Kier alpha value is -1.02. The number of rotatable bonds is 5. The summed E-state index contributed by atoms with van der Waals surface area (Å²) < 4.78 is 47.2. The van der Waals surface area contributed by atoms with E-state index in [1.807, 2.05) is 6.92 Å². The second-order valence-corrected chi connectivity index (χ2v) is 6.71. The van der Waals surface area contributed by atoms with E-state index in [1.165, 1.54) is 0 Å². The minimum absolute atomic E-state index is 0.0792. The molecule has 3 atom stereocenters. The minimum Gasteiger partial charge on any atom is -0.379 e. The Labute approximate surface area is 134 Å². The average Bonchev–Trinajstić information content (AvgIpc) is 2.89. The highest BCUT2D eigenvalue weighted by molar-refractivity contribution is 5.74. The van der Waals surface area contributed by atoms with Gasteiger partial charge in [-0.1, -0.05) is 12.8 Å². The van der Waals surface area contributed by atoms with Gasteiger partial charge in [0.2, 0.25) is 0 Å². The smallest absolute Gasteiger partial charge is 0.379 e. The zero-order valence-electron chi connectivity index (χ0n) is 13.4. The van der Waals surface area contributed by atoms with E-state index in [0.717, 1.165) is 25.7 Å². The summed E-state index contributed by atoms with van der Waals surface area (Å²) in [6, 6.07) is -0.307. The van der Waals surface area contributed by atoms with E-state index in [4.69, 9.17) is 9.47 Å². The van der Waals surface area contributed by atoms with Crippen molar-refractivity contribution in [3.05, 3.63) is 0 Å². The van der Waals surface area contributed by atoms with Crippen molar-refractivity contribution in [1.82, 2.24) is 10.6 Å². The van der Waals surface area contributed by atoms with Gasteiger partial charge in [-0.3, -0.25) is 0 Å². The van der Waals surface area contributed by atoms with Gasteiger partial charge < -0.3 is 20.1 Å². The molecule has 2 amide bonds. The summed E-state index contributed by atoms with van der Waals surface area (Å²) >= 11 is 0. The van der Waals surface area contributed by atoms with Crippen LogP contribution in [0.5, 0.6) is 0 Å². The van der Waals surface area contributed by atoms with Gasteiger partial charge in [0.25, 0.3) is 0 Å². The number of hydrogen-bond donors (Lipinski definition) is 2. The lowest BCUT2D eigenvalue weighted by atomic mass is 9.86. The van der Waals surface area contributed by atoms with E-state index < -0.39 is 18.9 Å². The van der Waals surface area contributed by atoms with Crippen molar-refractivity contribution in [1.29, 1.82) is 0 Å². The van der Waals surface area contributed by atoms with Gasteiger partial charge >= 0.3 is 12.2 Å². The first-order chi connectivity index (χ1) is 10.8. The quantitative estimate of drug-likeness (QED) is 0.810. The van der Waals surface area contributed by atoms with Gasteiger partial charge in [-0.2, -0.15) is 13.2 Å². The summed E-state index contributed by atoms with van der Waals surface area (Å²) in [5.41, 5.74) is -0.372. The second-order valence-electron chi connectivity index (χ2n) is 6.71. The van der Waals surface area contributed by atoms with Crippen LogP contribution in [-0.2, 0) is 9.47 Å². The molecular formula is C15H25F3N2O3. The lowest BCUT2D eigenvalue weighted by Gasteiger charge is -2.32. The SMILES string of the molecule is C[C@]1(NC(=O)NC[C@H]2CCCC[C@@H]2OCC(F)(F)F)CCOC1. The fraction of sp³-hybridized carbons (Fsp3) is 0.933. The molecule has 2 rings (SSSR count). The maximum absolute atomic E-state index is 12.3. The average molecular weight is 338 g/mol. The molecule has 0 bridgehead atoms. The van der Waals surface area contributed by atoms with Crippen LogP contribution in [0.25, 0.3) is 0 Å². The number of halogens is 3. The Morgan fingerprint density at radius 1 is 1.35 bits per heavy atom. The van der Waals surface area contributed by atoms with Gasteiger partial charge in [-0.15, -0.1) is 0 Å². The Morgan fingerprint density at radius 2 is 2.09 bits per heavy atom. The summed E-state index contributed by atoms with van der Waals surface area (Å²) in [5, 5.41) is 5.63. The van der Waals surface area contributed by atoms with E-state index in [9.17, 15) is 18.0 Å². The van der Waals surface area contributed by atoms with E-state index in [-0.39, 0.29) is 17.5 Å². The zero-order chi connectivity index (χ0) is 16.9. The van der Waals surface area contributed by atoms with Crippen molar-refractivity contribution in [2.75, 3.05) is 26.4 Å². The molecule has 0 aromatic rings. The monoisotopic (exact) mass is 338 g/mol. The van der Waals surface area contributed by atoms with Crippen LogP contribution in [0.15, 0.2) is 0 Å². The molecule has 1 heterocycles. The number of carbonyl (C=O) groups excluding carboxylic acids is 1. The number of alkyl halides is 3. The molecule has 23 heavy (non-hydrogen) atoms. The molecule has 0 spiro atoms. The van der Waals surface area contributed by atoms with E-state index >= 15 is 0 Å². The first-order valence-corrected chi connectivity index (χ1v) is 8.10. The third kappa shape index (κ3) is 6.18. The summed E-state index contributed by atoms with van der Waals surface area (Å²) in [6.07, 6.45) is -0.827. The first kappa shape index (κ1) is 18.3. The van der Waals surface area contributed by atoms with Gasteiger partial charge in [0, 0.05) is 19.1 Å². The lowest BCUT2D eigenvalue weighted by molar-refractivity contribution is -0.193. The van der Waals surface area contributed by atoms with Gasteiger partial charge in [0.15, 0.2) is 0 Å². The maximum atomic E-state index is 12.3. The number of hydrogen-bond acceptors (Lipinski definition) is 3. The topological polar surface area (TPSA) is 59.6 Å². The Bertz CT molecular complexity index is 398. The van der Waals surface area contributed by atoms with Crippen molar-refractivity contribution < 1.29 is 27.4 Å². The molecule has 8 heteroatoms. The minimum atomic E-state index is -4.32. The van der Waals surface area contributed by atoms with Crippen molar-refractivity contribution in [3.63, 3.8) is 0 Å². The molecule has 2 fully saturated rings. The maximum Gasteiger partial charge on any atom is 0.411 e. The zero-order valence-corrected chi connectivity index (χ0v) is 13.4. The van der Waals surface area contributed by atoms with Crippen LogP contribution in [0.2, 0.25) is 0 Å². The molecule has 0 aromatic carbocycles. The van der Waals surface area contributed by atoms with E-state index in [1.54, 1.807) is 0 Å². The van der Waals surface area contributed by atoms with Crippen molar-refractivity contribution in [3.8, 4) is 0 Å². The molecule has 2 aliphatic rings. The van der Waals surface area contributed by atoms with E-state index in [0.29, 0.717) is 26.2 Å². The lowest BCUT2D eigenvalue weighted by Crippen LogP contribution is -2.52. The summed E-state index contributed by atoms with van der Waals surface area (Å²) in [6.45, 7) is 2.10. The largest absolute Gasteiger partial charge is 0.411 e. The predicted molar refractivity (Wildman–Crippen MR) is 78.1 cm³/mol. The highest BCUT2D eigenvalue weighted by Gasteiger charge is 2.34. The number of carbonyl (C=O) groups is 1. The van der Waals surface area contributed by atoms with Crippen molar-refractivity contribution >= 4 is 6.03 Å².